The molecule has 1 aromatic heterocycles. The summed E-state index contributed by atoms with van der Waals surface area (Å²) >= 11 is 1.54. The van der Waals surface area contributed by atoms with Crippen LogP contribution in [-0.4, -0.2) is 65.8 Å². The minimum Gasteiger partial charge on any atom is -0.394 e. The van der Waals surface area contributed by atoms with Crippen LogP contribution in [-0.2, 0) is 0 Å². The topological polar surface area (TPSA) is 68.7 Å². The maximum atomic E-state index is 12.7. The molecule has 0 aromatic carbocycles. The Morgan fingerprint density at radius 1 is 1.48 bits per heavy atom. The van der Waals surface area contributed by atoms with E-state index in [1.807, 2.05) is 10.3 Å². The molecule has 0 spiro atoms. The molecule has 4 fully saturated rings. The van der Waals surface area contributed by atoms with Gasteiger partial charge in [0, 0.05) is 38.1 Å². The number of aliphatic hydroxyl groups excluding tert-OH is 1. The third-order valence-electron chi connectivity index (χ3n) is 4.99. The number of hydrogen-bond donors (Lipinski definition) is 2. The first kappa shape index (κ1) is 13.5. The highest BCUT2D eigenvalue weighted by molar-refractivity contribution is 7.13. The van der Waals surface area contributed by atoms with Crippen molar-refractivity contribution in [3.05, 3.63) is 11.1 Å². The van der Waals surface area contributed by atoms with E-state index in [1.165, 1.54) is 0 Å². The van der Waals surface area contributed by atoms with E-state index in [9.17, 15) is 9.90 Å². The average Bonchev–Trinajstić information content (AvgIpc) is 3.19. The fourth-order valence-electron chi connectivity index (χ4n) is 3.83. The predicted molar refractivity (Wildman–Crippen MR) is 80.8 cm³/mol. The van der Waals surface area contributed by atoms with Crippen molar-refractivity contribution in [3.63, 3.8) is 0 Å². The molecule has 4 aliphatic rings. The minimum absolute atomic E-state index is 0.0123. The highest BCUT2D eigenvalue weighted by Crippen LogP contribution is 2.50. The number of nitrogens with zero attached hydrogens (tertiary/aromatic N) is 3. The van der Waals surface area contributed by atoms with E-state index >= 15 is 0 Å². The first-order valence-electron chi connectivity index (χ1n) is 7.56. The average molecular weight is 308 g/mol. The van der Waals surface area contributed by atoms with Crippen LogP contribution in [0.15, 0.2) is 5.38 Å². The van der Waals surface area contributed by atoms with Crippen molar-refractivity contribution in [2.75, 3.05) is 44.2 Å². The summed E-state index contributed by atoms with van der Waals surface area (Å²) in [5.41, 5.74) is 0.245. The normalized spacial score (nSPS) is 31.4. The van der Waals surface area contributed by atoms with Crippen molar-refractivity contribution in [1.29, 1.82) is 0 Å². The van der Waals surface area contributed by atoms with Crippen molar-refractivity contribution in [2.24, 2.45) is 5.92 Å². The fraction of sp³-hybridized carbons (Fsp3) is 0.714. The van der Waals surface area contributed by atoms with Gasteiger partial charge in [-0.3, -0.25) is 4.79 Å². The maximum absolute atomic E-state index is 12.7. The summed E-state index contributed by atoms with van der Waals surface area (Å²) in [7, 11) is 0. The number of thiazole rings is 1. The van der Waals surface area contributed by atoms with Crippen molar-refractivity contribution in [1.82, 2.24) is 15.2 Å². The van der Waals surface area contributed by atoms with Crippen molar-refractivity contribution < 1.29 is 9.90 Å². The molecule has 2 N–H and O–H groups in total. The molecule has 2 bridgehead atoms. The van der Waals surface area contributed by atoms with Gasteiger partial charge in [0.15, 0.2) is 5.13 Å². The number of fused-ring (bicyclic) bond motifs is 1. The van der Waals surface area contributed by atoms with Gasteiger partial charge in [0.25, 0.3) is 5.91 Å². The van der Waals surface area contributed by atoms with E-state index in [2.05, 4.69) is 15.2 Å². The Morgan fingerprint density at radius 3 is 2.95 bits per heavy atom. The fourth-order valence-corrected chi connectivity index (χ4v) is 4.68. The molecule has 3 saturated heterocycles. The summed E-state index contributed by atoms with van der Waals surface area (Å²) in [6.45, 7) is 4.65. The molecule has 1 saturated carbocycles. The first-order chi connectivity index (χ1) is 10.2. The molecule has 5 rings (SSSR count). The molecule has 21 heavy (non-hydrogen) atoms. The van der Waals surface area contributed by atoms with E-state index in [1.54, 1.807) is 11.3 Å². The molecule has 1 aliphatic carbocycles. The molecule has 6 nitrogen and oxygen atoms in total. The van der Waals surface area contributed by atoms with Gasteiger partial charge < -0.3 is 20.2 Å². The smallest absolute Gasteiger partial charge is 0.273 e. The van der Waals surface area contributed by atoms with E-state index in [0.717, 1.165) is 50.7 Å². The molecular weight excluding hydrogens is 288 g/mol. The van der Waals surface area contributed by atoms with Gasteiger partial charge in [-0.25, -0.2) is 4.98 Å². The van der Waals surface area contributed by atoms with Gasteiger partial charge in [0.05, 0.1) is 12.1 Å². The highest BCUT2D eigenvalue weighted by Gasteiger charge is 2.57. The standard InChI is InChI=1S/C14H20N4O2S/c19-9-14-5-10(6-14)7-18(14)12(20)11-8-21-13(16-11)17-3-1-15-2-4-17/h8,10,15,19H,1-7,9H2. The summed E-state index contributed by atoms with van der Waals surface area (Å²) < 4.78 is 0. The van der Waals surface area contributed by atoms with Crippen LogP contribution in [0, 0.1) is 5.92 Å². The van der Waals surface area contributed by atoms with Crippen LogP contribution in [0.3, 0.4) is 0 Å². The lowest BCUT2D eigenvalue weighted by atomic mass is 9.74. The number of carbonyl (C=O) groups is 1. The third-order valence-corrected chi connectivity index (χ3v) is 5.89. The van der Waals surface area contributed by atoms with E-state index in [0.29, 0.717) is 11.6 Å². The molecule has 1 aromatic rings. The SMILES string of the molecule is O=C(c1csc(N2CCNCC2)n1)N1CC2CC1(CO)C2. The molecule has 114 valence electrons. The molecule has 0 atom stereocenters. The second-order valence-corrected chi connectivity index (χ2v) is 7.16. The molecule has 7 heteroatoms. The van der Waals surface area contributed by atoms with Crippen LogP contribution < -0.4 is 10.2 Å². The number of aliphatic hydroxyl groups is 1. The molecular formula is C14H20N4O2S. The highest BCUT2D eigenvalue weighted by atomic mass is 32.1. The zero-order chi connectivity index (χ0) is 14.4. The summed E-state index contributed by atoms with van der Waals surface area (Å²) in [5.74, 6) is 0.564. The van der Waals surface area contributed by atoms with E-state index < -0.39 is 0 Å². The van der Waals surface area contributed by atoms with Gasteiger partial charge in [-0.15, -0.1) is 11.3 Å². The lowest BCUT2D eigenvalue weighted by molar-refractivity contribution is 0.0294. The van der Waals surface area contributed by atoms with Crippen molar-refractivity contribution in [2.45, 2.75) is 18.4 Å². The summed E-state index contributed by atoms with van der Waals surface area (Å²) in [6, 6.07) is 0. The largest absolute Gasteiger partial charge is 0.394 e. The van der Waals surface area contributed by atoms with Crippen LogP contribution in [0.2, 0.25) is 0 Å². The number of hydrogen-bond acceptors (Lipinski definition) is 6. The molecule has 1 amide bonds. The monoisotopic (exact) mass is 308 g/mol. The summed E-state index contributed by atoms with van der Waals surface area (Å²) in [6.07, 6.45) is 1.90. The van der Waals surface area contributed by atoms with Gasteiger partial charge in [0.2, 0.25) is 0 Å². The lowest BCUT2D eigenvalue weighted by Gasteiger charge is -2.40. The Balaban J connectivity index is 1.51. The van der Waals surface area contributed by atoms with Crippen LogP contribution in [0.5, 0.6) is 0 Å². The van der Waals surface area contributed by atoms with Gasteiger partial charge in [-0.1, -0.05) is 0 Å². The quantitative estimate of drug-likeness (QED) is 0.832. The number of anilines is 1. The van der Waals surface area contributed by atoms with E-state index in [4.69, 9.17) is 0 Å². The molecule has 0 unspecified atom stereocenters. The van der Waals surface area contributed by atoms with Crippen LogP contribution >= 0.6 is 11.3 Å². The zero-order valence-electron chi connectivity index (χ0n) is 11.9. The van der Waals surface area contributed by atoms with Crippen LogP contribution in [0.4, 0.5) is 5.13 Å². The van der Waals surface area contributed by atoms with Crippen molar-refractivity contribution >= 4 is 22.4 Å². The number of piperazine rings is 1. The number of aromatic nitrogens is 1. The first-order valence-corrected chi connectivity index (χ1v) is 8.44. The van der Waals surface area contributed by atoms with Crippen LogP contribution in [0.1, 0.15) is 23.3 Å². The van der Waals surface area contributed by atoms with E-state index in [-0.39, 0.29) is 18.1 Å². The Hall–Kier alpha value is -1.18. The number of rotatable bonds is 3. The Labute approximate surface area is 127 Å². The number of amides is 1. The summed E-state index contributed by atoms with van der Waals surface area (Å²) in [5, 5.41) is 15.7. The van der Waals surface area contributed by atoms with Gasteiger partial charge in [-0.2, -0.15) is 0 Å². The van der Waals surface area contributed by atoms with Gasteiger partial charge >= 0.3 is 0 Å². The maximum Gasteiger partial charge on any atom is 0.273 e. The second-order valence-electron chi connectivity index (χ2n) is 6.32. The molecule has 0 radical (unpaired) electrons. The summed E-state index contributed by atoms with van der Waals surface area (Å²) in [4.78, 5) is 21.3. The molecule has 4 heterocycles. The molecule has 3 aliphatic heterocycles. The van der Waals surface area contributed by atoms with Gasteiger partial charge in [0.1, 0.15) is 5.69 Å². The lowest BCUT2D eigenvalue weighted by Crippen LogP contribution is -2.51. The second kappa shape index (κ2) is 4.93. The predicted octanol–water partition coefficient (Wildman–Crippen LogP) is 0.150. The minimum atomic E-state index is -0.291. The Bertz CT molecular complexity index is 549. The Morgan fingerprint density at radius 2 is 2.24 bits per heavy atom. The van der Waals surface area contributed by atoms with Crippen LogP contribution in [0.25, 0.3) is 0 Å². The number of nitrogens with one attached hydrogen (secondary N) is 1. The Kier molecular flexibility index (Phi) is 3.16. The number of carbonyl (C=O) groups excluding carboxylic acids is 1. The van der Waals surface area contributed by atoms with Crippen molar-refractivity contribution in [3.8, 4) is 0 Å². The zero-order valence-corrected chi connectivity index (χ0v) is 12.7. The third kappa shape index (κ3) is 2.06. The van der Waals surface area contributed by atoms with Gasteiger partial charge in [-0.05, 0) is 18.8 Å².